The van der Waals surface area contributed by atoms with Crippen molar-refractivity contribution in [2.45, 2.75) is 0 Å². The monoisotopic (exact) mass is 334 g/mol. The van der Waals surface area contributed by atoms with E-state index >= 15 is 0 Å². The molecular weight excluding hydrogens is 324 g/mol. The van der Waals surface area contributed by atoms with E-state index in [9.17, 15) is 19.2 Å². The molecule has 0 fully saturated rings. The minimum absolute atomic E-state index is 0.269. The van der Waals surface area contributed by atoms with E-state index in [1.165, 1.54) is 36.5 Å². The number of hydrogen-bond acceptors (Lipinski definition) is 6. The molecule has 2 aromatic heterocycles. The number of carboxylic acid groups (broad SMARTS) is 4. The predicted molar refractivity (Wildman–Crippen MR) is 76.3 cm³/mol. The fourth-order valence-corrected chi connectivity index (χ4v) is 1.42. The molecule has 0 spiro atoms. The topological polar surface area (TPSA) is 175 Å². The summed E-state index contributed by atoms with van der Waals surface area (Å²) in [6, 6.07) is 6.36. The maximum Gasteiger partial charge on any atom is 0.355 e. The van der Waals surface area contributed by atoms with Crippen molar-refractivity contribution in [3.8, 4) is 0 Å². The first kappa shape index (κ1) is 18.2. The molecule has 2 rings (SSSR count). The third-order valence-corrected chi connectivity index (χ3v) is 2.43. The van der Waals surface area contributed by atoms with Crippen molar-refractivity contribution in [1.29, 1.82) is 0 Å². The van der Waals surface area contributed by atoms with Crippen LogP contribution in [-0.2, 0) is 0 Å². The molecule has 4 N–H and O–H groups in total. The Morgan fingerprint density at radius 2 is 1.25 bits per heavy atom. The molecule has 24 heavy (non-hydrogen) atoms. The van der Waals surface area contributed by atoms with Crippen LogP contribution in [0.4, 0.5) is 0 Å². The van der Waals surface area contributed by atoms with Crippen molar-refractivity contribution in [3.05, 3.63) is 59.2 Å². The van der Waals surface area contributed by atoms with Gasteiger partial charge < -0.3 is 20.4 Å². The van der Waals surface area contributed by atoms with Crippen molar-refractivity contribution in [2.24, 2.45) is 0 Å². The lowest BCUT2D eigenvalue weighted by Gasteiger charge is -1.97. The molecule has 2 aromatic rings. The zero-order chi connectivity index (χ0) is 18.3. The second-order valence-electron chi connectivity index (χ2n) is 4.03. The number of aromatic carboxylic acids is 4. The van der Waals surface area contributed by atoms with Crippen LogP contribution >= 0.6 is 0 Å². The second-order valence-corrected chi connectivity index (χ2v) is 4.03. The lowest BCUT2D eigenvalue weighted by Crippen LogP contribution is -2.09. The molecule has 0 bridgehead atoms. The summed E-state index contributed by atoms with van der Waals surface area (Å²) in [7, 11) is 0. The van der Waals surface area contributed by atoms with Crippen molar-refractivity contribution >= 4 is 23.9 Å². The van der Waals surface area contributed by atoms with Crippen LogP contribution in [0.15, 0.2) is 36.5 Å². The van der Waals surface area contributed by atoms with Gasteiger partial charge in [0.05, 0.1) is 5.56 Å². The summed E-state index contributed by atoms with van der Waals surface area (Å²) in [5.74, 6) is -5.11. The third-order valence-electron chi connectivity index (χ3n) is 2.43. The molecule has 0 aromatic carbocycles. The van der Waals surface area contributed by atoms with E-state index in [0.717, 1.165) is 0 Å². The van der Waals surface area contributed by atoms with Gasteiger partial charge in [0, 0.05) is 6.20 Å². The van der Waals surface area contributed by atoms with Gasteiger partial charge in [-0.15, -0.1) is 0 Å². The van der Waals surface area contributed by atoms with E-state index in [-0.39, 0.29) is 17.0 Å². The smallest absolute Gasteiger partial charge is 0.355 e. The zero-order valence-corrected chi connectivity index (χ0v) is 11.8. The summed E-state index contributed by atoms with van der Waals surface area (Å²) in [5, 5.41) is 33.9. The van der Waals surface area contributed by atoms with Crippen LogP contribution in [0.25, 0.3) is 0 Å². The van der Waals surface area contributed by atoms with Gasteiger partial charge in [-0.3, -0.25) is 0 Å². The highest BCUT2D eigenvalue weighted by atomic mass is 16.4. The molecule has 124 valence electrons. The summed E-state index contributed by atoms with van der Waals surface area (Å²) in [5.41, 5.74) is -1.28. The average Bonchev–Trinajstić information content (AvgIpc) is 2.55. The molecule has 0 saturated carbocycles. The number of carbonyl (C=O) groups is 4. The van der Waals surface area contributed by atoms with E-state index in [1.807, 2.05) is 0 Å². The number of pyridine rings is 2. The lowest BCUT2D eigenvalue weighted by molar-refractivity contribution is 0.0646. The number of aromatic nitrogens is 2. The molecule has 0 radical (unpaired) electrons. The summed E-state index contributed by atoms with van der Waals surface area (Å²) in [4.78, 5) is 48.3. The second kappa shape index (κ2) is 7.98. The molecule has 10 heteroatoms. The van der Waals surface area contributed by atoms with E-state index < -0.39 is 29.6 Å². The SMILES string of the molecule is O=C(O)c1cccc(C(=O)O)n1.O=C(O)c1cccnc1C(=O)O. The Balaban J connectivity index is 0.000000240. The Bertz CT molecular complexity index is 741. The maximum atomic E-state index is 10.4. The number of rotatable bonds is 4. The van der Waals surface area contributed by atoms with Gasteiger partial charge in [0.15, 0.2) is 5.69 Å². The largest absolute Gasteiger partial charge is 0.478 e. The Morgan fingerprint density at radius 3 is 1.62 bits per heavy atom. The van der Waals surface area contributed by atoms with Crippen LogP contribution in [0, 0.1) is 0 Å². The molecule has 0 aliphatic carbocycles. The van der Waals surface area contributed by atoms with Gasteiger partial charge in [0.1, 0.15) is 11.4 Å². The molecule has 2 heterocycles. The Morgan fingerprint density at radius 1 is 0.708 bits per heavy atom. The van der Waals surface area contributed by atoms with E-state index in [0.29, 0.717) is 0 Å². The Kier molecular flexibility index (Phi) is 6.06. The highest BCUT2D eigenvalue weighted by Crippen LogP contribution is 2.04. The predicted octanol–water partition coefficient (Wildman–Crippen LogP) is 0.956. The van der Waals surface area contributed by atoms with Crippen molar-refractivity contribution < 1.29 is 39.6 Å². The minimum atomic E-state index is -1.34. The van der Waals surface area contributed by atoms with Gasteiger partial charge in [0.25, 0.3) is 0 Å². The van der Waals surface area contributed by atoms with Crippen LogP contribution in [0.1, 0.15) is 41.8 Å². The highest BCUT2D eigenvalue weighted by molar-refractivity contribution is 6.00. The van der Waals surface area contributed by atoms with Crippen LogP contribution in [0.3, 0.4) is 0 Å². The summed E-state index contributed by atoms with van der Waals surface area (Å²) < 4.78 is 0. The van der Waals surface area contributed by atoms with Gasteiger partial charge in [-0.2, -0.15) is 0 Å². The first-order valence-electron chi connectivity index (χ1n) is 6.09. The van der Waals surface area contributed by atoms with Gasteiger partial charge in [0.2, 0.25) is 0 Å². The first-order chi connectivity index (χ1) is 11.2. The zero-order valence-electron chi connectivity index (χ0n) is 11.8. The maximum absolute atomic E-state index is 10.4. The van der Waals surface area contributed by atoms with Crippen LogP contribution in [-0.4, -0.2) is 54.3 Å². The van der Waals surface area contributed by atoms with Crippen LogP contribution < -0.4 is 0 Å². The van der Waals surface area contributed by atoms with Gasteiger partial charge in [-0.1, -0.05) is 6.07 Å². The Hall–Kier alpha value is -3.82. The summed E-state index contributed by atoms with van der Waals surface area (Å²) >= 11 is 0. The normalized spacial score (nSPS) is 9.33. The van der Waals surface area contributed by atoms with Gasteiger partial charge in [-0.05, 0) is 24.3 Å². The van der Waals surface area contributed by atoms with E-state index in [4.69, 9.17) is 20.4 Å². The molecule has 0 aliphatic heterocycles. The molecule has 0 saturated heterocycles. The number of nitrogens with zero attached hydrogens (tertiary/aromatic N) is 2. The molecule has 0 unspecified atom stereocenters. The van der Waals surface area contributed by atoms with Crippen LogP contribution in [0.2, 0.25) is 0 Å². The number of hydrogen-bond donors (Lipinski definition) is 4. The number of carboxylic acids is 4. The minimum Gasteiger partial charge on any atom is -0.478 e. The van der Waals surface area contributed by atoms with Gasteiger partial charge >= 0.3 is 23.9 Å². The fraction of sp³-hybridized carbons (Fsp3) is 0. The van der Waals surface area contributed by atoms with E-state index in [2.05, 4.69) is 9.97 Å². The van der Waals surface area contributed by atoms with Crippen LogP contribution in [0.5, 0.6) is 0 Å². The molecule has 10 nitrogen and oxygen atoms in total. The average molecular weight is 334 g/mol. The summed E-state index contributed by atoms with van der Waals surface area (Å²) in [6.45, 7) is 0. The third kappa shape index (κ3) is 4.87. The Labute approximate surface area is 133 Å². The highest BCUT2D eigenvalue weighted by Gasteiger charge is 2.15. The molecule has 0 aliphatic rings. The summed E-state index contributed by atoms with van der Waals surface area (Å²) in [6.07, 6.45) is 1.23. The van der Waals surface area contributed by atoms with Gasteiger partial charge in [-0.25, -0.2) is 29.1 Å². The van der Waals surface area contributed by atoms with E-state index in [1.54, 1.807) is 0 Å². The molecule has 0 atom stereocenters. The standard InChI is InChI=1S/2C7H5NO4/c9-6(10)4-2-1-3-8-5(4)7(11)12;9-6(10)4-2-1-3-5(8-4)7(11)12/h2*1-3H,(H,9,10)(H,11,12). The lowest BCUT2D eigenvalue weighted by atomic mass is 10.2. The quantitative estimate of drug-likeness (QED) is 0.629. The molecule has 0 amide bonds. The van der Waals surface area contributed by atoms with Crippen molar-refractivity contribution in [1.82, 2.24) is 9.97 Å². The fourth-order valence-electron chi connectivity index (χ4n) is 1.42. The molecular formula is C14H10N2O8. The first-order valence-corrected chi connectivity index (χ1v) is 6.09. The van der Waals surface area contributed by atoms with Crippen molar-refractivity contribution in [3.63, 3.8) is 0 Å². The van der Waals surface area contributed by atoms with Crippen molar-refractivity contribution in [2.75, 3.05) is 0 Å².